The van der Waals surface area contributed by atoms with E-state index in [0.717, 1.165) is 44.8 Å². The minimum absolute atomic E-state index is 0. The van der Waals surface area contributed by atoms with Gasteiger partial charge >= 0.3 is 0 Å². The van der Waals surface area contributed by atoms with E-state index >= 15 is 0 Å². The first kappa shape index (κ1) is 15.1. The second-order valence-corrected chi connectivity index (χ2v) is 7.21. The summed E-state index contributed by atoms with van der Waals surface area (Å²) in [6.07, 6.45) is 2.21. The van der Waals surface area contributed by atoms with Gasteiger partial charge in [0.25, 0.3) is 0 Å². The number of thioether (sulfide) groups is 1. The number of carbonyl (C=O) groups excluding carboxylic acids is 1. The third-order valence-electron chi connectivity index (χ3n) is 3.38. The van der Waals surface area contributed by atoms with Crippen molar-refractivity contribution in [1.29, 1.82) is 0 Å². The Labute approximate surface area is 114 Å². The zero-order valence-electron chi connectivity index (χ0n) is 10.7. The number of nitrogens with one attached hydrogen (secondary N) is 1. The molecule has 0 aromatic rings. The molecule has 0 aliphatic carbocycles. The van der Waals surface area contributed by atoms with E-state index in [9.17, 15) is 4.79 Å². The molecule has 0 bridgehead atoms. The van der Waals surface area contributed by atoms with Gasteiger partial charge in [0.2, 0.25) is 5.91 Å². The van der Waals surface area contributed by atoms with Gasteiger partial charge in [0, 0.05) is 30.1 Å². The number of carbonyl (C=O) groups is 1. The molecule has 100 valence electrons. The molecule has 0 unspecified atom stereocenters. The fourth-order valence-corrected chi connectivity index (χ4v) is 3.64. The minimum Gasteiger partial charge on any atom is -0.340 e. The Morgan fingerprint density at radius 1 is 1.47 bits per heavy atom. The maximum Gasteiger partial charge on any atom is 0.227 e. The molecular formula is C12H23ClN2OS. The lowest BCUT2D eigenvalue weighted by molar-refractivity contribution is -0.136. The molecule has 1 N–H and O–H groups in total. The summed E-state index contributed by atoms with van der Waals surface area (Å²) in [4.78, 5) is 14.4. The van der Waals surface area contributed by atoms with Gasteiger partial charge in [-0.15, -0.1) is 12.4 Å². The Morgan fingerprint density at radius 3 is 2.82 bits per heavy atom. The average molecular weight is 279 g/mol. The van der Waals surface area contributed by atoms with Gasteiger partial charge in [0.05, 0.1) is 5.92 Å². The lowest BCUT2D eigenvalue weighted by Gasteiger charge is -2.39. The molecule has 2 saturated heterocycles. The quantitative estimate of drug-likeness (QED) is 0.793. The van der Waals surface area contributed by atoms with Crippen LogP contribution in [0.25, 0.3) is 0 Å². The van der Waals surface area contributed by atoms with Gasteiger partial charge in [-0.3, -0.25) is 4.79 Å². The smallest absolute Gasteiger partial charge is 0.227 e. The highest BCUT2D eigenvalue weighted by atomic mass is 35.5. The first-order valence-corrected chi connectivity index (χ1v) is 7.20. The summed E-state index contributed by atoms with van der Waals surface area (Å²) in [7, 11) is 0. The van der Waals surface area contributed by atoms with Crippen LogP contribution in [-0.4, -0.2) is 47.5 Å². The van der Waals surface area contributed by atoms with Gasteiger partial charge in [0.15, 0.2) is 0 Å². The van der Waals surface area contributed by atoms with E-state index in [4.69, 9.17) is 0 Å². The average Bonchev–Trinajstić information content (AvgIpc) is 2.28. The van der Waals surface area contributed by atoms with Crippen molar-refractivity contribution in [2.45, 2.75) is 31.4 Å². The van der Waals surface area contributed by atoms with E-state index in [2.05, 4.69) is 24.1 Å². The second-order valence-electron chi connectivity index (χ2n) is 5.41. The van der Waals surface area contributed by atoms with Crippen LogP contribution in [0.15, 0.2) is 0 Å². The lowest BCUT2D eigenvalue weighted by Crippen LogP contribution is -2.50. The third-order valence-corrected chi connectivity index (χ3v) is 4.68. The number of amides is 1. The summed E-state index contributed by atoms with van der Waals surface area (Å²) in [5, 5.41) is 3.32. The number of piperidine rings is 1. The number of rotatable bonds is 1. The molecule has 1 amide bonds. The van der Waals surface area contributed by atoms with Crippen LogP contribution in [0.3, 0.4) is 0 Å². The molecule has 0 aromatic heterocycles. The topological polar surface area (TPSA) is 32.3 Å². The van der Waals surface area contributed by atoms with Crippen molar-refractivity contribution in [3.8, 4) is 0 Å². The van der Waals surface area contributed by atoms with Crippen LogP contribution in [0.2, 0.25) is 0 Å². The maximum atomic E-state index is 12.3. The van der Waals surface area contributed by atoms with Crippen LogP contribution in [-0.2, 0) is 4.79 Å². The second kappa shape index (κ2) is 6.30. The molecule has 2 aliphatic rings. The molecule has 2 rings (SSSR count). The van der Waals surface area contributed by atoms with E-state index in [0.29, 0.717) is 5.91 Å². The summed E-state index contributed by atoms with van der Waals surface area (Å²) >= 11 is 1.98. The largest absolute Gasteiger partial charge is 0.340 e. The number of hydrogen-bond donors (Lipinski definition) is 1. The molecule has 0 aromatic carbocycles. The standard InChI is InChI=1S/C12H22N2OS.ClH/c1-12(2)9-14(6-7-16-12)11(15)10-4-3-5-13-8-10;/h10,13H,3-9H2,1-2H3;1H/t10-;/m1./s1. The van der Waals surface area contributed by atoms with Crippen molar-refractivity contribution >= 4 is 30.1 Å². The fraction of sp³-hybridized carbons (Fsp3) is 0.917. The highest BCUT2D eigenvalue weighted by molar-refractivity contribution is 8.00. The van der Waals surface area contributed by atoms with E-state index in [1.807, 2.05) is 11.8 Å². The Hall–Kier alpha value is 0.0700. The normalized spacial score (nSPS) is 28.4. The molecule has 5 heteroatoms. The van der Waals surface area contributed by atoms with Gasteiger partial charge in [0.1, 0.15) is 0 Å². The van der Waals surface area contributed by atoms with Crippen molar-refractivity contribution in [1.82, 2.24) is 10.2 Å². The Morgan fingerprint density at radius 2 is 2.24 bits per heavy atom. The molecule has 2 aliphatic heterocycles. The monoisotopic (exact) mass is 278 g/mol. The van der Waals surface area contributed by atoms with Crippen LogP contribution in [0.5, 0.6) is 0 Å². The third kappa shape index (κ3) is 4.04. The Balaban J connectivity index is 0.00000144. The highest BCUT2D eigenvalue weighted by Gasteiger charge is 2.33. The van der Waals surface area contributed by atoms with Crippen LogP contribution < -0.4 is 5.32 Å². The van der Waals surface area contributed by atoms with Crippen molar-refractivity contribution < 1.29 is 4.79 Å². The predicted molar refractivity (Wildman–Crippen MR) is 76.0 cm³/mol. The molecule has 1 atom stereocenters. The van der Waals surface area contributed by atoms with Gasteiger partial charge < -0.3 is 10.2 Å². The molecule has 2 heterocycles. The molecule has 3 nitrogen and oxygen atoms in total. The van der Waals surface area contributed by atoms with Gasteiger partial charge in [-0.1, -0.05) is 0 Å². The van der Waals surface area contributed by atoms with E-state index in [1.165, 1.54) is 0 Å². The van der Waals surface area contributed by atoms with Crippen molar-refractivity contribution in [2.75, 3.05) is 31.9 Å². The maximum absolute atomic E-state index is 12.3. The van der Waals surface area contributed by atoms with Crippen molar-refractivity contribution in [2.24, 2.45) is 5.92 Å². The molecular weight excluding hydrogens is 256 g/mol. The first-order valence-electron chi connectivity index (χ1n) is 6.22. The van der Waals surface area contributed by atoms with Crippen LogP contribution >= 0.6 is 24.2 Å². The summed E-state index contributed by atoms with van der Waals surface area (Å²) in [5.74, 6) is 1.69. The molecule has 0 spiro atoms. The molecule has 17 heavy (non-hydrogen) atoms. The zero-order valence-corrected chi connectivity index (χ0v) is 12.3. The Bertz CT molecular complexity index is 267. The van der Waals surface area contributed by atoms with Gasteiger partial charge in [-0.25, -0.2) is 0 Å². The van der Waals surface area contributed by atoms with Crippen LogP contribution in [0.4, 0.5) is 0 Å². The van der Waals surface area contributed by atoms with Crippen LogP contribution in [0, 0.1) is 5.92 Å². The van der Waals surface area contributed by atoms with Gasteiger partial charge in [-0.2, -0.15) is 11.8 Å². The van der Waals surface area contributed by atoms with E-state index in [1.54, 1.807) is 0 Å². The first-order chi connectivity index (χ1) is 7.58. The van der Waals surface area contributed by atoms with Crippen molar-refractivity contribution in [3.63, 3.8) is 0 Å². The molecule has 2 fully saturated rings. The summed E-state index contributed by atoms with van der Waals surface area (Å²) in [6, 6.07) is 0. The lowest BCUT2D eigenvalue weighted by atomic mass is 9.97. The van der Waals surface area contributed by atoms with Gasteiger partial charge in [-0.05, 0) is 33.2 Å². The number of nitrogens with zero attached hydrogens (tertiary/aromatic N) is 1. The minimum atomic E-state index is 0. The zero-order chi connectivity index (χ0) is 11.6. The van der Waals surface area contributed by atoms with Crippen LogP contribution in [0.1, 0.15) is 26.7 Å². The SMILES string of the molecule is CC1(C)CN(C(=O)[C@@H]2CCCNC2)CCS1.Cl. The predicted octanol–water partition coefficient (Wildman–Crippen LogP) is 1.76. The van der Waals surface area contributed by atoms with E-state index < -0.39 is 0 Å². The number of hydrogen-bond acceptors (Lipinski definition) is 3. The number of halogens is 1. The highest BCUT2D eigenvalue weighted by Crippen LogP contribution is 2.30. The summed E-state index contributed by atoms with van der Waals surface area (Å²) < 4.78 is 0.232. The fourth-order valence-electron chi connectivity index (χ4n) is 2.53. The summed E-state index contributed by atoms with van der Waals surface area (Å²) in [6.45, 7) is 8.26. The van der Waals surface area contributed by atoms with E-state index in [-0.39, 0.29) is 23.1 Å². The van der Waals surface area contributed by atoms with Crippen molar-refractivity contribution in [3.05, 3.63) is 0 Å². The molecule has 0 saturated carbocycles. The Kier molecular flexibility index (Phi) is 5.61. The molecule has 0 radical (unpaired) electrons. The summed E-state index contributed by atoms with van der Waals surface area (Å²) in [5.41, 5.74) is 0.